The van der Waals surface area contributed by atoms with Gasteiger partial charge in [-0.05, 0) is 40.5 Å². The second-order valence-electron chi connectivity index (χ2n) is 4.36. The molecule has 0 bridgehead atoms. The Balaban J connectivity index is 2.30. The van der Waals surface area contributed by atoms with Crippen LogP contribution in [0, 0.1) is 5.82 Å². The van der Waals surface area contributed by atoms with Crippen molar-refractivity contribution >= 4 is 32.4 Å². The molecule has 1 aromatic carbocycles. The lowest BCUT2D eigenvalue weighted by molar-refractivity contribution is 0.595. The first-order chi connectivity index (χ1) is 9.43. The van der Waals surface area contributed by atoms with E-state index in [-0.39, 0.29) is 10.6 Å². The van der Waals surface area contributed by atoms with Crippen molar-refractivity contribution in [1.29, 1.82) is 0 Å². The Kier molecular flexibility index (Phi) is 4.59. The van der Waals surface area contributed by atoms with Gasteiger partial charge in [-0.2, -0.15) is 5.10 Å². The summed E-state index contributed by atoms with van der Waals surface area (Å²) in [5.74, 6) is -0.345. The number of aromatic nitrogens is 2. The van der Waals surface area contributed by atoms with E-state index >= 15 is 0 Å². The molecule has 108 valence electrons. The monoisotopic (exact) mass is 359 g/mol. The number of nitrogens with two attached hydrogens (primary N) is 1. The number of anilines is 1. The molecular formula is C13H15BrFN3OS. The lowest BCUT2D eigenvalue weighted by atomic mass is 10.3. The summed E-state index contributed by atoms with van der Waals surface area (Å²) in [4.78, 5) is 0.158. The molecule has 7 heteroatoms. The fourth-order valence-electron chi connectivity index (χ4n) is 1.88. The van der Waals surface area contributed by atoms with E-state index in [4.69, 9.17) is 5.73 Å². The Morgan fingerprint density at radius 2 is 2.20 bits per heavy atom. The topological polar surface area (TPSA) is 60.9 Å². The zero-order valence-corrected chi connectivity index (χ0v) is 13.6. The highest BCUT2D eigenvalue weighted by Crippen LogP contribution is 2.25. The molecule has 0 aliphatic heterocycles. The van der Waals surface area contributed by atoms with Crippen LogP contribution in [0.3, 0.4) is 0 Å². The van der Waals surface area contributed by atoms with Crippen LogP contribution in [0.2, 0.25) is 0 Å². The van der Waals surface area contributed by atoms with Gasteiger partial charge in [-0.3, -0.25) is 8.89 Å². The second-order valence-corrected chi connectivity index (χ2v) is 6.58. The zero-order valence-electron chi connectivity index (χ0n) is 11.2. The van der Waals surface area contributed by atoms with Gasteiger partial charge in [0.1, 0.15) is 5.82 Å². The highest BCUT2D eigenvalue weighted by molar-refractivity contribution is 9.10. The minimum Gasteiger partial charge on any atom is -0.399 e. The first kappa shape index (κ1) is 15.2. The molecule has 1 atom stereocenters. The van der Waals surface area contributed by atoms with Crippen LogP contribution >= 0.6 is 15.9 Å². The number of benzene rings is 1. The van der Waals surface area contributed by atoms with Crippen molar-refractivity contribution in [3.63, 3.8) is 0 Å². The van der Waals surface area contributed by atoms with Gasteiger partial charge in [0.25, 0.3) is 0 Å². The van der Waals surface area contributed by atoms with Crippen molar-refractivity contribution in [3.8, 4) is 0 Å². The van der Waals surface area contributed by atoms with Crippen LogP contribution in [0.4, 0.5) is 10.1 Å². The number of hydrogen-bond acceptors (Lipinski definition) is 3. The fourth-order valence-corrected chi connectivity index (χ4v) is 4.05. The average Bonchev–Trinajstić information content (AvgIpc) is 2.66. The van der Waals surface area contributed by atoms with Crippen LogP contribution in [-0.4, -0.2) is 14.0 Å². The van der Waals surface area contributed by atoms with E-state index in [0.29, 0.717) is 5.69 Å². The van der Waals surface area contributed by atoms with E-state index in [0.717, 1.165) is 22.3 Å². The molecule has 0 amide bonds. The Hall–Kier alpha value is -1.21. The SMILES string of the molecule is CCc1nn(C)c(CS(=O)c2ccc(N)cc2F)c1Br. The van der Waals surface area contributed by atoms with Crippen LogP contribution in [0.15, 0.2) is 27.6 Å². The largest absolute Gasteiger partial charge is 0.399 e. The van der Waals surface area contributed by atoms with Gasteiger partial charge in [-0.15, -0.1) is 0 Å². The molecule has 1 heterocycles. The smallest absolute Gasteiger partial charge is 0.141 e. The van der Waals surface area contributed by atoms with Crippen molar-refractivity contribution in [2.45, 2.75) is 24.0 Å². The Morgan fingerprint density at radius 3 is 2.75 bits per heavy atom. The first-order valence-electron chi connectivity index (χ1n) is 6.07. The van der Waals surface area contributed by atoms with E-state index in [1.807, 2.05) is 6.92 Å². The van der Waals surface area contributed by atoms with Gasteiger partial charge in [0.05, 0.1) is 37.3 Å². The minimum absolute atomic E-state index is 0.158. The minimum atomic E-state index is -1.48. The standard InChI is InChI=1S/C13H15BrFN3OS/c1-3-10-13(14)11(18(2)17-10)7-20(19)12-5-4-8(16)6-9(12)15/h4-6H,3,7,16H2,1-2H3. The van der Waals surface area contributed by atoms with E-state index < -0.39 is 16.6 Å². The van der Waals surface area contributed by atoms with Crippen LogP contribution in [0.1, 0.15) is 18.3 Å². The molecule has 2 N–H and O–H groups in total. The molecule has 0 aliphatic rings. The Bertz CT molecular complexity index is 672. The molecule has 20 heavy (non-hydrogen) atoms. The lowest BCUT2D eigenvalue weighted by Crippen LogP contribution is -2.05. The molecule has 0 radical (unpaired) electrons. The normalized spacial score (nSPS) is 12.6. The van der Waals surface area contributed by atoms with E-state index in [2.05, 4.69) is 21.0 Å². The second kappa shape index (κ2) is 6.05. The summed E-state index contributed by atoms with van der Waals surface area (Å²) in [5.41, 5.74) is 7.50. The van der Waals surface area contributed by atoms with Gasteiger partial charge in [0.15, 0.2) is 0 Å². The number of aryl methyl sites for hydroxylation is 2. The summed E-state index contributed by atoms with van der Waals surface area (Å²) in [5, 5.41) is 4.33. The van der Waals surface area contributed by atoms with Gasteiger partial charge >= 0.3 is 0 Å². The van der Waals surface area contributed by atoms with E-state index in [1.54, 1.807) is 17.8 Å². The van der Waals surface area contributed by atoms with Crippen LogP contribution in [0.25, 0.3) is 0 Å². The Labute approximate surface area is 127 Å². The molecule has 1 aromatic heterocycles. The number of nitrogens with zero attached hydrogens (tertiary/aromatic N) is 2. The van der Waals surface area contributed by atoms with Crippen molar-refractivity contribution in [1.82, 2.24) is 9.78 Å². The lowest BCUT2D eigenvalue weighted by Gasteiger charge is -2.06. The first-order valence-corrected chi connectivity index (χ1v) is 8.18. The van der Waals surface area contributed by atoms with Gasteiger partial charge < -0.3 is 5.73 Å². The molecule has 0 aliphatic carbocycles. The third kappa shape index (κ3) is 2.93. The van der Waals surface area contributed by atoms with Crippen LogP contribution < -0.4 is 5.73 Å². The third-order valence-electron chi connectivity index (χ3n) is 2.97. The molecular weight excluding hydrogens is 345 g/mol. The Morgan fingerprint density at radius 1 is 1.50 bits per heavy atom. The molecule has 4 nitrogen and oxygen atoms in total. The molecule has 2 aromatic rings. The summed E-state index contributed by atoms with van der Waals surface area (Å²) in [6.07, 6.45) is 0.775. The van der Waals surface area contributed by atoms with Crippen LogP contribution in [-0.2, 0) is 30.0 Å². The molecule has 0 saturated carbocycles. The van der Waals surface area contributed by atoms with E-state index in [9.17, 15) is 8.60 Å². The van der Waals surface area contributed by atoms with Gasteiger partial charge in [-0.25, -0.2) is 4.39 Å². The summed E-state index contributed by atoms with van der Waals surface area (Å²) in [7, 11) is 0.303. The fraction of sp³-hybridized carbons (Fsp3) is 0.308. The van der Waals surface area contributed by atoms with E-state index in [1.165, 1.54) is 12.1 Å². The average molecular weight is 360 g/mol. The molecule has 2 rings (SSSR count). The summed E-state index contributed by atoms with van der Waals surface area (Å²) >= 11 is 3.46. The third-order valence-corrected chi connectivity index (χ3v) is 5.24. The summed E-state index contributed by atoms with van der Waals surface area (Å²) in [6, 6.07) is 4.20. The number of nitrogen functional groups attached to an aromatic ring is 1. The molecule has 1 unspecified atom stereocenters. The van der Waals surface area contributed by atoms with Crippen molar-refractivity contribution < 1.29 is 8.60 Å². The van der Waals surface area contributed by atoms with Crippen molar-refractivity contribution in [3.05, 3.63) is 39.9 Å². The highest BCUT2D eigenvalue weighted by atomic mass is 79.9. The molecule has 0 fully saturated rings. The summed E-state index contributed by atoms with van der Waals surface area (Å²) in [6.45, 7) is 1.99. The quantitative estimate of drug-likeness (QED) is 0.853. The van der Waals surface area contributed by atoms with Gasteiger partial charge in [0.2, 0.25) is 0 Å². The predicted octanol–water partition coefficient (Wildman–Crippen LogP) is 2.77. The maximum atomic E-state index is 13.8. The maximum absolute atomic E-state index is 13.8. The van der Waals surface area contributed by atoms with Crippen LogP contribution in [0.5, 0.6) is 0 Å². The van der Waals surface area contributed by atoms with Crippen molar-refractivity contribution in [2.75, 3.05) is 5.73 Å². The molecule has 0 spiro atoms. The predicted molar refractivity (Wildman–Crippen MR) is 81.2 cm³/mol. The maximum Gasteiger partial charge on any atom is 0.141 e. The summed E-state index contributed by atoms with van der Waals surface area (Å²) < 4.78 is 28.6. The highest BCUT2D eigenvalue weighted by Gasteiger charge is 2.18. The van der Waals surface area contributed by atoms with Crippen molar-refractivity contribution in [2.24, 2.45) is 7.05 Å². The number of hydrogen-bond donors (Lipinski definition) is 1. The molecule has 0 saturated heterocycles. The number of rotatable bonds is 4. The zero-order chi connectivity index (χ0) is 14.9. The number of halogens is 2. The van der Waals surface area contributed by atoms with Gasteiger partial charge in [0, 0.05) is 12.7 Å². The van der Waals surface area contributed by atoms with Gasteiger partial charge in [-0.1, -0.05) is 6.92 Å².